The minimum absolute atomic E-state index is 0.161. The fourth-order valence-electron chi connectivity index (χ4n) is 3.62. The molecule has 2 aromatic carbocycles. The number of para-hydroxylation sites is 1. The zero-order valence-corrected chi connectivity index (χ0v) is 18.0. The van der Waals surface area contributed by atoms with Crippen molar-refractivity contribution in [2.45, 2.75) is 25.4 Å². The Labute approximate surface area is 185 Å². The highest BCUT2D eigenvalue weighted by atomic mass is 32.1. The van der Waals surface area contributed by atoms with Gasteiger partial charge in [0, 0.05) is 31.2 Å². The fourth-order valence-corrected chi connectivity index (χ4v) is 4.24. The molecule has 31 heavy (non-hydrogen) atoms. The molecular formula is C25H25N3O2S. The number of thiophene rings is 1. The predicted molar refractivity (Wildman–Crippen MR) is 125 cm³/mol. The molecule has 1 unspecified atom stereocenters. The predicted octanol–water partition coefficient (Wildman–Crippen LogP) is 4.25. The molecule has 4 aromatic rings. The molecule has 0 radical (unpaired) electrons. The second-order valence-electron chi connectivity index (χ2n) is 7.41. The molecule has 4 rings (SSSR count). The van der Waals surface area contributed by atoms with E-state index in [1.165, 1.54) is 22.2 Å². The van der Waals surface area contributed by atoms with E-state index < -0.39 is 6.04 Å². The summed E-state index contributed by atoms with van der Waals surface area (Å²) in [5, 5.41) is 8.97. The van der Waals surface area contributed by atoms with Crippen LogP contribution in [0, 0.1) is 0 Å². The molecule has 0 spiro atoms. The molecule has 0 aliphatic rings. The Morgan fingerprint density at radius 2 is 1.74 bits per heavy atom. The number of amides is 2. The first-order valence-corrected chi connectivity index (χ1v) is 11.3. The van der Waals surface area contributed by atoms with Gasteiger partial charge in [-0.3, -0.25) is 9.59 Å². The number of carbonyl (C=O) groups is 2. The van der Waals surface area contributed by atoms with Gasteiger partial charge in [-0.25, -0.2) is 0 Å². The van der Waals surface area contributed by atoms with Gasteiger partial charge in [0.05, 0.1) is 4.88 Å². The lowest BCUT2D eigenvalue weighted by atomic mass is 10.1. The third-order valence-corrected chi connectivity index (χ3v) is 6.07. The molecule has 0 bridgehead atoms. The molecule has 2 amide bonds. The summed E-state index contributed by atoms with van der Waals surface area (Å²) in [5.74, 6) is -0.379. The van der Waals surface area contributed by atoms with E-state index in [2.05, 4.69) is 39.6 Å². The highest BCUT2D eigenvalue weighted by Crippen LogP contribution is 2.15. The summed E-state index contributed by atoms with van der Waals surface area (Å²) in [7, 11) is 0. The molecule has 1 atom stereocenters. The summed E-state index contributed by atoms with van der Waals surface area (Å²) >= 11 is 1.37. The number of aromatic nitrogens is 1. The molecule has 0 aliphatic heterocycles. The molecule has 6 heteroatoms. The molecule has 0 fully saturated rings. The molecule has 2 aromatic heterocycles. The largest absolute Gasteiger partial charge is 0.354 e. The van der Waals surface area contributed by atoms with E-state index in [-0.39, 0.29) is 11.8 Å². The summed E-state index contributed by atoms with van der Waals surface area (Å²) in [4.78, 5) is 26.0. The van der Waals surface area contributed by atoms with E-state index in [9.17, 15) is 9.59 Å². The number of hydrogen-bond acceptors (Lipinski definition) is 3. The van der Waals surface area contributed by atoms with E-state index >= 15 is 0 Å². The van der Waals surface area contributed by atoms with Crippen molar-refractivity contribution in [2.75, 3.05) is 6.54 Å². The number of nitrogens with zero attached hydrogens (tertiary/aromatic N) is 1. The minimum atomic E-state index is -0.621. The van der Waals surface area contributed by atoms with Gasteiger partial charge in [0.1, 0.15) is 6.04 Å². The van der Waals surface area contributed by atoms with Gasteiger partial charge >= 0.3 is 0 Å². The summed E-state index contributed by atoms with van der Waals surface area (Å²) in [6.07, 6.45) is 3.33. The quantitative estimate of drug-likeness (QED) is 0.389. The third kappa shape index (κ3) is 5.41. The van der Waals surface area contributed by atoms with Gasteiger partial charge in [0.25, 0.3) is 5.91 Å². The van der Waals surface area contributed by atoms with Crippen LogP contribution in [0.2, 0.25) is 0 Å². The van der Waals surface area contributed by atoms with Gasteiger partial charge in [-0.15, -0.1) is 11.3 Å². The first-order valence-electron chi connectivity index (χ1n) is 10.4. The highest BCUT2D eigenvalue weighted by molar-refractivity contribution is 7.12. The van der Waals surface area contributed by atoms with Crippen LogP contribution in [0.3, 0.4) is 0 Å². The Morgan fingerprint density at radius 1 is 0.935 bits per heavy atom. The molecule has 0 saturated carbocycles. The van der Waals surface area contributed by atoms with Gasteiger partial charge in [0.2, 0.25) is 5.91 Å². The number of hydrogen-bond donors (Lipinski definition) is 2. The van der Waals surface area contributed by atoms with Gasteiger partial charge in [0.15, 0.2) is 0 Å². The van der Waals surface area contributed by atoms with Crippen LogP contribution in [0.25, 0.3) is 10.9 Å². The standard InChI is InChI=1S/C25H25N3O2S/c29-24(26-14-7-15-28-16-13-20-10-4-5-11-22(20)28)21(18-19-8-2-1-3-9-19)27-25(30)23-12-6-17-31-23/h1-6,8-13,16-17,21H,7,14-15,18H2,(H,26,29)(H,27,30). The summed E-state index contributed by atoms with van der Waals surface area (Å²) in [6, 6.07) is 23.1. The van der Waals surface area contributed by atoms with E-state index in [1.54, 1.807) is 6.07 Å². The van der Waals surface area contributed by atoms with Gasteiger partial charge in [-0.05, 0) is 40.9 Å². The van der Waals surface area contributed by atoms with Crippen molar-refractivity contribution < 1.29 is 9.59 Å². The Balaban J connectivity index is 1.35. The lowest BCUT2D eigenvalue weighted by Gasteiger charge is -2.18. The van der Waals surface area contributed by atoms with Crippen LogP contribution in [0.15, 0.2) is 84.4 Å². The molecule has 2 heterocycles. The number of rotatable bonds is 9. The number of aryl methyl sites for hydroxylation is 1. The van der Waals surface area contributed by atoms with Gasteiger partial charge < -0.3 is 15.2 Å². The van der Waals surface area contributed by atoms with Crippen molar-refractivity contribution in [2.24, 2.45) is 0 Å². The average molecular weight is 432 g/mol. The zero-order chi connectivity index (χ0) is 21.5. The average Bonchev–Trinajstić information content (AvgIpc) is 3.47. The second-order valence-corrected chi connectivity index (χ2v) is 8.35. The summed E-state index contributed by atoms with van der Waals surface area (Å²) < 4.78 is 2.20. The SMILES string of the molecule is O=C(NC(Cc1ccccc1)C(=O)NCCCn1ccc2ccccc21)c1cccs1. The Hall–Kier alpha value is -3.38. The van der Waals surface area contributed by atoms with Crippen LogP contribution in [0.1, 0.15) is 21.7 Å². The Morgan fingerprint density at radius 3 is 2.55 bits per heavy atom. The molecule has 0 saturated heterocycles. The topological polar surface area (TPSA) is 63.1 Å². The normalized spacial score (nSPS) is 11.9. The van der Waals surface area contributed by atoms with Crippen LogP contribution in [-0.2, 0) is 17.8 Å². The zero-order valence-electron chi connectivity index (χ0n) is 17.2. The first-order chi connectivity index (χ1) is 15.2. The molecular weight excluding hydrogens is 406 g/mol. The van der Waals surface area contributed by atoms with Crippen molar-refractivity contribution in [3.63, 3.8) is 0 Å². The number of nitrogens with one attached hydrogen (secondary N) is 2. The minimum Gasteiger partial charge on any atom is -0.354 e. The maximum atomic E-state index is 12.9. The Kier molecular flexibility index (Phi) is 6.79. The van der Waals surface area contributed by atoms with Crippen LogP contribution >= 0.6 is 11.3 Å². The lowest BCUT2D eigenvalue weighted by molar-refractivity contribution is -0.122. The van der Waals surface area contributed by atoms with Crippen molar-refractivity contribution in [3.8, 4) is 0 Å². The van der Waals surface area contributed by atoms with Crippen molar-refractivity contribution in [1.29, 1.82) is 0 Å². The summed E-state index contributed by atoms with van der Waals surface area (Å²) in [5.41, 5.74) is 2.20. The van der Waals surface area contributed by atoms with Crippen LogP contribution in [0.5, 0.6) is 0 Å². The fraction of sp³-hybridized carbons (Fsp3) is 0.200. The lowest BCUT2D eigenvalue weighted by Crippen LogP contribution is -2.48. The number of benzene rings is 2. The maximum absolute atomic E-state index is 12.9. The van der Waals surface area contributed by atoms with E-state index in [0.29, 0.717) is 17.8 Å². The van der Waals surface area contributed by atoms with E-state index in [4.69, 9.17) is 0 Å². The number of fused-ring (bicyclic) bond motifs is 1. The monoisotopic (exact) mass is 431 g/mol. The molecule has 2 N–H and O–H groups in total. The molecule has 158 valence electrons. The number of carbonyl (C=O) groups excluding carboxylic acids is 2. The smallest absolute Gasteiger partial charge is 0.262 e. The first kappa shape index (κ1) is 20.9. The van der Waals surface area contributed by atoms with Crippen molar-refractivity contribution >= 4 is 34.1 Å². The van der Waals surface area contributed by atoms with Crippen LogP contribution in [0.4, 0.5) is 0 Å². The van der Waals surface area contributed by atoms with Gasteiger partial charge in [-0.1, -0.05) is 54.6 Å². The third-order valence-electron chi connectivity index (χ3n) is 5.20. The van der Waals surface area contributed by atoms with Crippen molar-refractivity contribution in [3.05, 3.63) is 94.8 Å². The molecule has 0 aliphatic carbocycles. The maximum Gasteiger partial charge on any atom is 0.262 e. The summed E-state index contributed by atoms with van der Waals surface area (Å²) in [6.45, 7) is 1.37. The van der Waals surface area contributed by atoms with Gasteiger partial charge in [-0.2, -0.15) is 0 Å². The van der Waals surface area contributed by atoms with Crippen LogP contribution < -0.4 is 10.6 Å². The van der Waals surface area contributed by atoms with E-state index in [0.717, 1.165) is 18.5 Å². The van der Waals surface area contributed by atoms with Crippen molar-refractivity contribution in [1.82, 2.24) is 15.2 Å². The van der Waals surface area contributed by atoms with Crippen LogP contribution in [-0.4, -0.2) is 29.0 Å². The Bertz CT molecular complexity index is 1140. The second kappa shape index (κ2) is 10.1. The molecule has 5 nitrogen and oxygen atoms in total. The highest BCUT2D eigenvalue weighted by Gasteiger charge is 2.22. The van der Waals surface area contributed by atoms with E-state index in [1.807, 2.05) is 53.9 Å².